The first-order chi connectivity index (χ1) is 7.79. The number of methoxy groups -OCH3 is 1. The van der Waals surface area contributed by atoms with Gasteiger partial charge in [-0.1, -0.05) is 12.1 Å². The number of rotatable bonds is 4. The molecule has 1 unspecified atom stereocenters. The highest BCUT2D eigenvalue weighted by atomic mass is 16.5. The molecular weight excluding hydrogens is 204 g/mol. The number of carbonyl (C=O) groups is 1. The van der Waals surface area contributed by atoms with Gasteiger partial charge in [0.15, 0.2) is 5.78 Å². The molecule has 0 bridgehead atoms. The molecule has 2 rings (SSSR count). The summed E-state index contributed by atoms with van der Waals surface area (Å²) in [4.78, 5) is 12.0. The van der Waals surface area contributed by atoms with Crippen LogP contribution in [-0.2, 0) is 4.74 Å². The molecule has 1 aliphatic heterocycles. The molecule has 0 N–H and O–H groups in total. The van der Waals surface area contributed by atoms with Gasteiger partial charge >= 0.3 is 0 Å². The lowest BCUT2D eigenvalue weighted by atomic mass is 9.98. The fourth-order valence-electron chi connectivity index (χ4n) is 1.92. The van der Waals surface area contributed by atoms with Crippen LogP contribution in [0.3, 0.4) is 0 Å². The predicted octanol–water partition coefficient (Wildman–Crippen LogP) is 2.30. The van der Waals surface area contributed by atoms with Crippen molar-refractivity contribution in [2.45, 2.75) is 12.8 Å². The Morgan fingerprint density at radius 1 is 1.56 bits per heavy atom. The Hall–Kier alpha value is -1.35. The maximum Gasteiger partial charge on any atom is 0.163 e. The van der Waals surface area contributed by atoms with Crippen LogP contribution in [-0.4, -0.2) is 26.1 Å². The van der Waals surface area contributed by atoms with Crippen molar-refractivity contribution in [3.8, 4) is 5.75 Å². The zero-order chi connectivity index (χ0) is 11.4. The highest BCUT2D eigenvalue weighted by molar-refractivity contribution is 5.96. The molecule has 0 spiro atoms. The first-order valence-corrected chi connectivity index (χ1v) is 5.54. The Labute approximate surface area is 95.4 Å². The molecule has 0 saturated carbocycles. The summed E-state index contributed by atoms with van der Waals surface area (Å²) >= 11 is 0. The number of hydrogen-bond acceptors (Lipinski definition) is 3. The molecule has 1 fully saturated rings. The van der Waals surface area contributed by atoms with E-state index in [0.717, 1.165) is 30.9 Å². The van der Waals surface area contributed by atoms with Gasteiger partial charge in [-0.2, -0.15) is 0 Å². The van der Waals surface area contributed by atoms with Gasteiger partial charge in [0, 0.05) is 25.2 Å². The number of hydrogen-bond donors (Lipinski definition) is 0. The van der Waals surface area contributed by atoms with Gasteiger partial charge in [-0.05, 0) is 24.5 Å². The normalized spacial score (nSPS) is 19.7. The van der Waals surface area contributed by atoms with Crippen LogP contribution in [0.15, 0.2) is 24.3 Å². The number of benzene rings is 1. The second-order valence-electron chi connectivity index (χ2n) is 4.09. The van der Waals surface area contributed by atoms with Gasteiger partial charge in [0.2, 0.25) is 0 Å². The summed E-state index contributed by atoms with van der Waals surface area (Å²) in [6.45, 7) is 1.51. The first kappa shape index (κ1) is 11.1. The van der Waals surface area contributed by atoms with Crippen molar-refractivity contribution in [1.29, 1.82) is 0 Å². The molecule has 0 aliphatic carbocycles. The molecule has 1 heterocycles. The molecule has 86 valence electrons. The van der Waals surface area contributed by atoms with E-state index < -0.39 is 0 Å². The van der Waals surface area contributed by atoms with Crippen LogP contribution in [0.25, 0.3) is 0 Å². The second kappa shape index (κ2) is 5.12. The molecule has 0 amide bonds. The van der Waals surface area contributed by atoms with Gasteiger partial charge in [0.1, 0.15) is 5.75 Å². The van der Waals surface area contributed by atoms with Crippen molar-refractivity contribution in [2.75, 3.05) is 20.3 Å². The SMILES string of the molecule is COc1cccc(C(=O)CC2CCOC2)c1. The fourth-order valence-corrected chi connectivity index (χ4v) is 1.92. The molecule has 0 radical (unpaired) electrons. The van der Waals surface area contributed by atoms with Crippen molar-refractivity contribution in [2.24, 2.45) is 5.92 Å². The highest BCUT2D eigenvalue weighted by Gasteiger charge is 2.19. The maximum atomic E-state index is 12.0. The molecule has 1 atom stereocenters. The minimum absolute atomic E-state index is 0.175. The summed E-state index contributed by atoms with van der Waals surface area (Å²) in [5, 5.41) is 0. The van der Waals surface area contributed by atoms with E-state index in [1.807, 2.05) is 18.2 Å². The molecule has 1 aromatic rings. The number of ketones is 1. The van der Waals surface area contributed by atoms with Gasteiger partial charge in [-0.3, -0.25) is 4.79 Å². The van der Waals surface area contributed by atoms with E-state index in [4.69, 9.17) is 9.47 Å². The summed E-state index contributed by atoms with van der Waals surface area (Å²) < 4.78 is 10.4. The van der Waals surface area contributed by atoms with Crippen molar-refractivity contribution in [3.05, 3.63) is 29.8 Å². The molecule has 3 nitrogen and oxygen atoms in total. The molecule has 0 aromatic heterocycles. The quantitative estimate of drug-likeness (QED) is 0.730. The van der Waals surface area contributed by atoms with Gasteiger partial charge < -0.3 is 9.47 Å². The van der Waals surface area contributed by atoms with Crippen LogP contribution in [0, 0.1) is 5.92 Å². The van der Waals surface area contributed by atoms with E-state index in [2.05, 4.69) is 0 Å². The lowest BCUT2D eigenvalue weighted by Crippen LogP contribution is -2.08. The van der Waals surface area contributed by atoms with Crippen molar-refractivity contribution in [3.63, 3.8) is 0 Å². The minimum atomic E-state index is 0.175. The topological polar surface area (TPSA) is 35.5 Å². The van der Waals surface area contributed by atoms with E-state index in [1.165, 1.54) is 0 Å². The second-order valence-corrected chi connectivity index (χ2v) is 4.09. The third-order valence-corrected chi connectivity index (χ3v) is 2.89. The average Bonchev–Trinajstić information content (AvgIpc) is 2.82. The molecule has 1 saturated heterocycles. The van der Waals surface area contributed by atoms with Gasteiger partial charge in [-0.25, -0.2) is 0 Å². The standard InChI is InChI=1S/C13H16O3/c1-15-12-4-2-3-11(8-12)13(14)7-10-5-6-16-9-10/h2-4,8,10H,5-7,9H2,1H3. The monoisotopic (exact) mass is 220 g/mol. The third kappa shape index (κ3) is 2.61. The van der Waals surface area contributed by atoms with Gasteiger partial charge in [-0.15, -0.1) is 0 Å². The van der Waals surface area contributed by atoms with Crippen LogP contribution in [0.5, 0.6) is 5.75 Å². The van der Waals surface area contributed by atoms with Crippen LogP contribution >= 0.6 is 0 Å². The van der Waals surface area contributed by atoms with Crippen molar-refractivity contribution >= 4 is 5.78 Å². The van der Waals surface area contributed by atoms with Crippen LogP contribution < -0.4 is 4.74 Å². The lowest BCUT2D eigenvalue weighted by molar-refractivity contribution is 0.0952. The summed E-state index contributed by atoms with van der Waals surface area (Å²) in [7, 11) is 1.61. The predicted molar refractivity (Wildman–Crippen MR) is 60.9 cm³/mol. The van der Waals surface area contributed by atoms with Crippen LogP contribution in [0.4, 0.5) is 0 Å². The Bertz CT molecular complexity index is 367. The Balaban J connectivity index is 2.01. The summed E-state index contributed by atoms with van der Waals surface area (Å²) in [6, 6.07) is 7.31. The largest absolute Gasteiger partial charge is 0.497 e. The van der Waals surface area contributed by atoms with E-state index >= 15 is 0 Å². The van der Waals surface area contributed by atoms with Crippen molar-refractivity contribution < 1.29 is 14.3 Å². The minimum Gasteiger partial charge on any atom is -0.497 e. The number of carbonyl (C=O) groups excluding carboxylic acids is 1. The zero-order valence-electron chi connectivity index (χ0n) is 9.44. The van der Waals surface area contributed by atoms with Crippen LogP contribution in [0.2, 0.25) is 0 Å². The van der Waals surface area contributed by atoms with Crippen molar-refractivity contribution in [1.82, 2.24) is 0 Å². The van der Waals surface area contributed by atoms with Gasteiger partial charge in [0.25, 0.3) is 0 Å². The van der Waals surface area contributed by atoms with Crippen LogP contribution in [0.1, 0.15) is 23.2 Å². The molecule has 1 aliphatic rings. The molecular formula is C13H16O3. The smallest absolute Gasteiger partial charge is 0.163 e. The zero-order valence-corrected chi connectivity index (χ0v) is 9.44. The molecule has 3 heteroatoms. The summed E-state index contributed by atoms with van der Waals surface area (Å²) in [6.07, 6.45) is 1.57. The van der Waals surface area contributed by atoms with E-state index in [-0.39, 0.29) is 5.78 Å². The van der Waals surface area contributed by atoms with E-state index in [0.29, 0.717) is 12.3 Å². The highest BCUT2D eigenvalue weighted by Crippen LogP contribution is 2.20. The van der Waals surface area contributed by atoms with E-state index in [9.17, 15) is 4.79 Å². The number of Topliss-reactive ketones (excluding diaryl/α,β-unsaturated/α-hetero) is 1. The molecule has 1 aromatic carbocycles. The lowest BCUT2D eigenvalue weighted by Gasteiger charge is -2.07. The summed E-state index contributed by atoms with van der Waals surface area (Å²) in [5.74, 6) is 1.29. The summed E-state index contributed by atoms with van der Waals surface area (Å²) in [5.41, 5.74) is 0.728. The van der Waals surface area contributed by atoms with E-state index in [1.54, 1.807) is 13.2 Å². The first-order valence-electron chi connectivity index (χ1n) is 5.54. The Morgan fingerprint density at radius 3 is 3.12 bits per heavy atom. The van der Waals surface area contributed by atoms with Gasteiger partial charge in [0.05, 0.1) is 7.11 Å². The fraction of sp³-hybridized carbons (Fsp3) is 0.462. The Kier molecular flexibility index (Phi) is 3.57. The Morgan fingerprint density at radius 2 is 2.44 bits per heavy atom. The third-order valence-electron chi connectivity index (χ3n) is 2.89. The maximum absolute atomic E-state index is 12.0. The number of ether oxygens (including phenoxy) is 2. The average molecular weight is 220 g/mol. The molecule has 16 heavy (non-hydrogen) atoms.